The third-order valence-corrected chi connectivity index (χ3v) is 4.80. The molecule has 0 bridgehead atoms. The normalized spacial score (nSPS) is 12.0. The number of nitrogens with one attached hydrogen (secondary N) is 1. The fraction of sp³-hybridized carbons (Fsp3) is 0.136. The van der Waals surface area contributed by atoms with Crippen molar-refractivity contribution in [3.05, 3.63) is 84.2 Å². The van der Waals surface area contributed by atoms with Gasteiger partial charge in [-0.3, -0.25) is 4.79 Å². The third kappa shape index (κ3) is 3.32. The zero-order valence-corrected chi connectivity index (χ0v) is 15.5. The first kappa shape index (κ1) is 17.7. The number of benzene rings is 2. The fourth-order valence-corrected chi connectivity index (χ4v) is 3.41. The number of hydrogen-bond donors (Lipinski definition) is 2. The van der Waals surface area contributed by atoms with Crippen LogP contribution in [-0.2, 0) is 0 Å². The Morgan fingerprint density at radius 3 is 2.68 bits per heavy atom. The smallest absolute Gasteiger partial charge is 0.252 e. The summed E-state index contributed by atoms with van der Waals surface area (Å²) in [5.41, 5.74) is 8.33. The molecular formula is C22H21N5O. The largest absolute Gasteiger partial charge is 0.368 e. The lowest BCUT2D eigenvalue weighted by Gasteiger charge is -2.18. The summed E-state index contributed by atoms with van der Waals surface area (Å²) in [7, 11) is 0. The number of nitrogens with zero attached hydrogens (tertiary/aromatic N) is 3. The van der Waals surface area contributed by atoms with Crippen LogP contribution in [-0.4, -0.2) is 20.4 Å². The first-order chi connectivity index (χ1) is 13.7. The third-order valence-electron chi connectivity index (χ3n) is 4.80. The summed E-state index contributed by atoms with van der Waals surface area (Å²) in [5, 5.41) is 4.02. The van der Waals surface area contributed by atoms with Gasteiger partial charge >= 0.3 is 0 Å². The summed E-state index contributed by atoms with van der Waals surface area (Å²) in [4.78, 5) is 21.2. The van der Waals surface area contributed by atoms with Crippen LogP contribution in [0.3, 0.4) is 0 Å². The van der Waals surface area contributed by atoms with Gasteiger partial charge in [0.1, 0.15) is 5.82 Å². The molecule has 1 amide bonds. The van der Waals surface area contributed by atoms with E-state index in [1.807, 2.05) is 65.4 Å². The van der Waals surface area contributed by atoms with Crippen molar-refractivity contribution in [2.24, 2.45) is 0 Å². The second kappa shape index (κ2) is 7.52. The summed E-state index contributed by atoms with van der Waals surface area (Å²) >= 11 is 0. The highest BCUT2D eigenvalue weighted by molar-refractivity contribution is 6.07. The van der Waals surface area contributed by atoms with Gasteiger partial charge in [0.25, 0.3) is 5.91 Å². The van der Waals surface area contributed by atoms with Crippen molar-refractivity contribution in [1.82, 2.24) is 19.9 Å². The molecule has 0 unspecified atom stereocenters. The number of carbonyl (C=O) groups excluding carboxylic acids is 1. The number of rotatable bonds is 5. The quantitative estimate of drug-likeness (QED) is 0.557. The Kier molecular flexibility index (Phi) is 4.76. The van der Waals surface area contributed by atoms with Crippen molar-refractivity contribution in [2.45, 2.75) is 19.4 Å². The minimum atomic E-state index is -0.0961. The van der Waals surface area contributed by atoms with Crippen molar-refractivity contribution >= 4 is 22.8 Å². The molecule has 0 aliphatic carbocycles. The lowest BCUT2D eigenvalue weighted by atomic mass is 10.0. The Morgan fingerprint density at radius 2 is 1.93 bits per heavy atom. The van der Waals surface area contributed by atoms with Crippen molar-refractivity contribution in [3.63, 3.8) is 0 Å². The Bertz CT molecular complexity index is 1120. The van der Waals surface area contributed by atoms with Crippen molar-refractivity contribution in [2.75, 3.05) is 5.73 Å². The van der Waals surface area contributed by atoms with E-state index in [1.54, 1.807) is 12.3 Å². The molecule has 1 atom stereocenters. The first-order valence-corrected chi connectivity index (χ1v) is 9.22. The molecule has 4 rings (SSSR count). The molecule has 0 fully saturated rings. The van der Waals surface area contributed by atoms with Crippen molar-refractivity contribution in [3.8, 4) is 5.82 Å². The monoisotopic (exact) mass is 371 g/mol. The van der Waals surface area contributed by atoms with E-state index >= 15 is 0 Å². The highest BCUT2D eigenvalue weighted by atomic mass is 16.1. The van der Waals surface area contributed by atoms with Crippen LogP contribution in [0.15, 0.2) is 73.1 Å². The molecule has 6 nitrogen and oxygen atoms in total. The summed E-state index contributed by atoms with van der Waals surface area (Å²) in [6.45, 7) is 2.06. The van der Waals surface area contributed by atoms with Gasteiger partial charge in [0, 0.05) is 23.3 Å². The molecule has 3 N–H and O–H groups in total. The van der Waals surface area contributed by atoms with Crippen LogP contribution in [0.25, 0.3) is 16.7 Å². The number of aromatic nitrogens is 3. The molecule has 0 spiro atoms. The standard InChI is InChI=1S/C22H21N5O/c1-2-18(15-7-4-3-5-8-15)25-21(28)17-9-6-10-19-16(17)12-14-27(19)20-11-13-24-22(23)26-20/h3-14,18H,2H2,1H3,(H,25,28)(H2,23,24,26)/t18-/m0/s1. The van der Waals surface area contributed by atoms with Gasteiger partial charge in [0.2, 0.25) is 5.95 Å². The SMILES string of the molecule is CC[C@H](NC(=O)c1cccc2c1ccn2-c1ccnc(N)n1)c1ccccc1. The average molecular weight is 371 g/mol. The van der Waals surface area contributed by atoms with Crippen molar-refractivity contribution < 1.29 is 4.79 Å². The summed E-state index contributed by atoms with van der Waals surface area (Å²) in [6.07, 6.45) is 4.32. The van der Waals surface area contributed by atoms with Gasteiger partial charge in [-0.25, -0.2) is 4.98 Å². The number of anilines is 1. The number of nitrogen functional groups attached to an aromatic ring is 1. The molecule has 0 aliphatic heterocycles. The number of amides is 1. The molecule has 28 heavy (non-hydrogen) atoms. The van der Waals surface area contributed by atoms with Gasteiger partial charge in [-0.2, -0.15) is 4.98 Å². The van der Waals surface area contributed by atoms with Gasteiger partial charge < -0.3 is 15.6 Å². The molecule has 2 aromatic carbocycles. The number of fused-ring (bicyclic) bond motifs is 1. The van der Waals surface area contributed by atoms with Gasteiger partial charge in [-0.15, -0.1) is 0 Å². The van der Waals surface area contributed by atoms with Gasteiger partial charge in [-0.05, 0) is 36.2 Å². The predicted octanol–water partition coefficient (Wildman–Crippen LogP) is 3.88. The molecule has 2 aromatic heterocycles. The Hall–Kier alpha value is -3.67. The molecule has 4 aromatic rings. The molecule has 0 radical (unpaired) electrons. The second-order valence-corrected chi connectivity index (χ2v) is 6.54. The topological polar surface area (TPSA) is 85.8 Å². The van der Waals surface area contributed by atoms with Crippen LogP contribution >= 0.6 is 0 Å². The minimum Gasteiger partial charge on any atom is -0.368 e. The molecule has 2 heterocycles. The van der Waals surface area contributed by atoms with E-state index in [1.165, 1.54) is 0 Å². The first-order valence-electron chi connectivity index (χ1n) is 9.22. The number of hydrogen-bond acceptors (Lipinski definition) is 4. The lowest BCUT2D eigenvalue weighted by molar-refractivity contribution is 0.0937. The molecule has 0 saturated carbocycles. The zero-order valence-electron chi connectivity index (χ0n) is 15.5. The van der Waals surface area contributed by atoms with Crippen LogP contribution in [0, 0.1) is 0 Å². The van der Waals surface area contributed by atoms with Gasteiger partial charge in [-0.1, -0.05) is 43.3 Å². The van der Waals surface area contributed by atoms with Crippen LogP contribution in [0.5, 0.6) is 0 Å². The van der Waals surface area contributed by atoms with Crippen LogP contribution in [0.4, 0.5) is 5.95 Å². The molecule has 140 valence electrons. The maximum absolute atomic E-state index is 13.0. The maximum Gasteiger partial charge on any atom is 0.252 e. The maximum atomic E-state index is 13.0. The van der Waals surface area contributed by atoms with E-state index in [2.05, 4.69) is 22.2 Å². The van der Waals surface area contributed by atoms with Gasteiger partial charge in [0.05, 0.1) is 11.6 Å². The molecule has 0 saturated heterocycles. The van der Waals surface area contributed by atoms with Crippen molar-refractivity contribution in [1.29, 1.82) is 0 Å². The van der Waals surface area contributed by atoms with Gasteiger partial charge in [0.15, 0.2) is 0 Å². The van der Waals surface area contributed by atoms with Crippen LogP contribution < -0.4 is 11.1 Å². The van der Waals surface area contributed by atoms with E-state index in [-0.39, 0.29) is 17.9 Å². The second-order valence-electron chi connectivity index (χ2n) is 6.54. The molecular weight excluding hydrogens is 350 g/mol. The Morgan fingerprint density at radius 1 is 1.11 bits per heavy atom. The van der Waals surface area contributed by atoms with E-state index in [9.17, 15) is 4.79 Å². The lowest BCUT2D eigenvalue weighted by Crippen LogP contribution is -2.28. The minimum absolute atomic E-state index is 0.0345. The molecule has 0 aliphatic rings. The van der Waals surface area contributed by atoms with Crippen LogP contribution in [0.2, 0.25) is 0 Å². The van der Waals surface area contributed by atoms with E-state index in [0.717, 1.165) is 22.9 Å². The van der Waals surface area contributed by atoms with E-state index in [4.69, 9.17) is 5.73 Å². The zero-order chi connectivity index (χ0) is 19.5. The van der Waals surface area contributed by atoms with E-state index < -0.39 is 0 Å². The Labute approximate surface area is 163 Å². The number of nitrogens with two attached hydrogens (primary N) is 1. The Balaban J connectivity index is 1.68. The summed E-state index contributed by atoms with van der Waals surface area (Å²) < 4.78 is 1.90. The fourth-order valence-electron chi connectivity index (χ4n) is 3.41. The summed E-state index contributed by atoms with van der Waals surface area (Å²) in [6, 6.07) is 19.4. The number of carbonyl (C=O) groups is 1. The highest BCUT2D eigenvalue weighted by Crippen LogP contribution is 2.24. The average Bonchev–Trinajstić information content (AvgIpc) is 3.16. The highest BCUT2D eigenvalue weighted by Gasteiger charge is 2.17. The van der Waals surface area contributed by atoms with Crippen LogP contribution in [0.1, 0.15) is 35.3 Å². The van der Waals surface area contributed by atoms with E-state index in [0.29, 0.717) is 11.4 Å². The predicted molar refractivity (Wildman–Crippen MR) is 110 cm³/mol. The molecule has 6 heteroatoms. The summed E-state index contributed by atoms with van der Waals surface area (Å²) in [5.74, 6) is 0.777.